The van der Waals surface area contributed by atoms with Crippen molar-refractivity contribution in [3.63, 3.8) is 0 Å². The standard InChI is InChI=1S/C21H17ClF2N2O4S/c22-18-11-6-15(20(27)26-16-7-9-17(10-8-16)30-21(23)24)12-19(18)31(28,29)25-13-14-4-2-1-3-5-14/h1-12,21,25H,13H2,(H,26,27). The Labute approximate surface area is 182 Å². The molecular formula is C21H17ClF2N2O4S. The van der Waals surface area contributed by atoms with Gasteiger partial charge in [0.1, 0.15) is 10.6 Å². The van der Waals surface area contributed by atoms with E-state index in [-0.39, 0.29) is 27.8 Å². The van der Waals surface area contributed by atoms with Gasteiger partial charge in [-0.25, -0.2) is 13.1 Å². The molecule has 162 valence electrons. The van der Waals surface area contributed by atoms with E-state index in [1.54, 1.807) is 24.3 Å². The number of alkyl halides is 2. The summed E-state index contributed by atoms with van der Waals surface area (Å²) in [6, 6.07) is 18.1. The van der Waals surface area contributed by atoms with E-state index in [9.17, 15) is 22.0 Å². The lowest BCUT2D eigenvalue weighted by molar-refractivity contribution is -0.0498. The Bertz CT molecular complexity index is 1160. The third-order valence-electron chi connectivity index (χ3n) is 4.13. The fraction of sp³-hybridized carbons (Fsp3) is 0.0952. The molecule has 6 nitrogen and oxygen atoms in total. The summed E-state index contributed by atoms with van der Waals surface area (Å²) in [7, 11) is -3.98. The van der Waals surface area contributed by atoms with E-state index in [1.165, 1.54) is 42.5 Å². The second-order valence-corrected chi connectivity index (χ2v) is 8.45. The van der Waals surface area contributed by atoms with Crippen LogP contribution in [-0.4, -0.2) is 20.9 Å². The largest absolute Gasteiger partial charge is 0.435 e. The molecule has 2 N–H and O–H groups in total. The van der Waals surface area contributed by atoms with E-state index in [4.69, 9.17) is 11.6 Å². The number of benzene rings is 3. The number of halogens is 3. The van der Waals surface area contributed by atoms with E-state index < -0.39 is 22.5 Å². The lowest BCUT2D eigenvalue weighted by atomic mass is 10.2. The van der Waals surface area contributed by atoms with Gasteiger partial charge in [-0.05, 0) is 48.0 Å². The molecule has 0 aliphatic carbocycles. The number of anilines is 1. The number of hydrogen-bond acceptors (Lipinski definition) is 4. The Morgan fingerprint density at radius 1 is 1.00 bits per heavy atom. The molecule has 0 aliphatic rings. The summed E-state index contributed by atoms with van der Waals surface area (Å²) in [4.78, 5) is 12.3. The molecule has 0 unspecified atom stereocenters. The van der Waals surface area contributed by atoms with Crippen LogP contribution in [0.2, 0.25) is 5.02 Å². The van der Waals surface area contributed by atoms with Gasteiger partial charge in [0.15, 0.2) is 0 Å². The molecule has 0 atom stereocenters. The van der Waals surface area contributed by atoms with E-state index >= 15 is 0 Å². The highest BCUT2D eigenvalue weighted by atomic mass is 35.5. The van der Waals surface area contributed by atoms with Crippen molar-refractivity contribution in [1.82, 2.24) is 4.72 Å². The van der Waals surface area contributed by atoms with Crippen LogP contribution < -0.4 is 14.8 Å². The summed E-state index contributed by atoms with van der Waals surface area (Å²) in [5.74, 6) is -0.656. The van der Waals surface area contributed by atoms with Gasteiger partial charge < -0.3 is 10.1 Å². The zero-order chi connectivity index (χ0) is 22.4. The van der Waals surface area contributed by atoms with Gasteiger partial charge in [0.25, 0.3) is 5.91 Å². The highest BCUT2D eigenvalue weighted by Gasteiger charge is 2.20. The number of rotatable bonds is 8. The van der Waals surface area contributed by atoms with Gasteiger partial charge in [0, 0.05) is 17.8 Å². The summed E-state index contributed by atoms with van der Waals surface area (Å²) < 4.78 is 56.5. The van der Waals surface area contributed by atoms with Gasteiger partial charge in [0.05, 0.1) is 5.02 Å². The Balaban J connectivity index is 1.74. The maximum absolute atomic E-state index is 12.7. The van der Waals surface area contributed by atoms with Crippen LogP contribution in [-0.2, 0) is 16.6 Å². The highest BCUT2D eigenvalue weighted by molar-refractivity contribution is 7.89. The zero-order valence-electron chi connectivity index (χ0n) is 15.9. The second kappa shape index (κ2) is 9.86. The molecule has 0 bridgehead atoms. The van der Waals surface area contributed by atoms with Crippen LogP contribution in [0.15, 0.2) is 77.7 Å². The average Bonchev–Trinajstić information content (AvgIpc) is 2.74. The molecule has 0 fully saturated rings. The first-order chi connectivity index (χ1) is 14.7. The van der Waals surface area contributed by atoms with Crippen molar-refractivity contribution >= 4 is 33.2 Å². The van der Waals surface area contributed by atoms with Gasteiger partial charge in [0.2, 0.25) is 10.0 Å². The van der Waals surface area contributed by atoms with E-state index in [2.05, 4.69) is 14.8 Å². The minimum atomic E-state index is -3.98. The molecule has 3 rings (SSSR count). The minimum absolute atomic E-state index is 0.0365. The molecule has 0 saturated carbocycles. The first kappa shape index (κ1) is 22.7. The third-order valence-corrected chi connectivity index (χ3v) is 6.01. The maximum Gasteiger partial charge on any atom is 0.387 e. The Hall–Kier alpha value is -3.01. The van der Waals surface area contributed by atoms with Gasteiger partial charge in [-0.15, -0.1) is 0 Å². The molecule has 10 heteroatoms. The number of hydrogen-bond donors (Lipinski definition) is 2. The number of carbonyl (C=O) groups excluding carboxylic acids is 1. The number of sulfonamides is 1. The number of nitrogens with one attached hydrogen (secondary N) is 2. The highest BCUT2D eigenvalue weighted by Crippen LogP contribution is 2.24. The van der Waals surface area contributed by atoms with Crippen molar-refractivity contribution in [2.45, 2.75) is 18.1 Å². The number of ether oxygens (including phenoxy) is 1. The van der Waals surface area contributed by atoms with Crippen molar-refractivity contribution in [2.75, 3.05) is 5.32 Å². The first-order valence-corrected chi connectivity index (χ1v) is 10.8. The Morgan fingerprint density at radius 2 is 1.68 bits per heavy atom. The van der Waals surface area contributed by atoms with Crippen LogP contribution in [0.1, 0.15) is 15.9 Å². The topological polar surface area (TPSA) is 84.5 Å². The molecule has 0 heterocycles. The molecule has 3 aromatic carbocycles. The van der Waals surface area contributed by atoms with Crippen LogP contribution >= 0.6 is 11.6 Å². The van der Waals surface area contributed by atoms with Crippen LogP contribution in [0.4, 0.5) is 14.5 Å². The first-order valence-electron chi connectivity index (χ1n) is 8.94. The molecule has 0 spiro atoms. The summed E-state index contributed by atoms with van der Waals surface area (Å²) in [6.07, 6.45) is 0. The molecule has 0 aliphatic heterocycles. The molecule has 31 heavy (non-hydrogen) atoms. The minimum Gasteiger partial charge on any atom is -0.435 e. The monoisotopic (exact) mass is 466 g/mol. The fourth-order valence-electron chi connectivity index (χ4n) is 2.63. The van der Waals surface area contributed by atoms with Gasteiger partial charge in [-0.2, -0.15) is 8.78 Å². The molecule has 1 amide bonds. The van der Waals surface area contributed by atoms with Crippen molar-refractivity contribution < 1.29 is 26.7 Å². The van der Waals surface area contributed by atoms with E-state index in [1.807, 2.05) is 6.07 Å². The molecule has 0 aromatic heterocycles. The van der Waals surface area contributed by atoms with Crippen molar-refractivity contribution in [3.8, 4) is 5.75 Å². The predicted molar refractivity (Wildman–Crippen MR) is 113 cm³/mol. The quantitative estimate of drug-likeness (QED) is 0.505. The predicted octanol–water partition coefficient (Wildman–Crippen LogP) is 4.67. The summed E-state index contributed by atoms with van der Waals surface area (Å²) in [5, 5.41) is 2.52. The maximum atomic E-state index is 12.7. The van der Waals surface area contributed by atoms with Crippen molar-refractivity contribution in [3.05, 3.63) is 88.9 Å². The van der Waals surface area contributed by atoms with E-state index in [0.29, 0.717) is 5.69 Å². The van der Waals surface area contributed by atoms with Gasteiger partial charge in [-0.3, -0.25) is 4.79 Å². The summed E-state index contributed by atoms with van der Waals surface area (Å²) in [6.45, 7) is -2.89. The van der Waals surface area contributed by atoms with Crippen LogP contribution in [0.25, 0.3) is 0 Å². The lowest BCUT2D eigenvalue weighted by Gasteiger charge is -2.11. The molecule has 3 aromatic rings. The molecular weight excluding hydrogens is 450 g/mol. The number of carbonyl (C=O) groups is 1. The lowest BCUT2D eigenvalue weighted by Crippen LogP contribution is -2.24. The van der Waals surface area contributed by atoms with Crippen LogP contribution in [0.5, 0.6) is 5.75 Å². The van der Waals surface area contributed by atoms with Crippen molar-refractivity contribution in [1.29, 1.82) is 0 Å². The third kappa shape index (κ3) is 6.24. The summed E-state index contributed by atoms with van der Waals surface area (Å²) >= 11 is 6.06. The second-order valence-electron chi connectivity index (χ2n) is 6.31. The normalized spacial score (nSPS) is 11.4. The van der Waals surface area contributed by atoms with E-state index in [0.717, 1.165) is 5.56 Å². The van der Waals surface area contributed by atoms with Gasteiger partial charge in [-0.1, -0.05) is 41.9 Å². The molecule has 0 radical (unpaired) electrons. The Kier molecular flexibility index (Phi) is 7.21. The van der Waals surface area contributed by atoms with Crippen molar-refractivity contribution in [2.24, 2.45) is 0 Å². The molecule has 0 saturated heterocycles. The zero-order valence-corrected chi connectivity index (χ0v) is 17.5. The SMILES string of the molecule is O=C(Nc1ccc(OC(F)F)cc1)c1ccc(Cl)c(S(=O)(=O)NCc2ccccc2)c1. The fourth-order valence-corrected chi connectivity index (χ4v) is 4.17. The van der Waals surface area contributed by atoms with Crippen LogP contribution in [0.3, 0.4) is 0 Å². The smallest absolute Gasteiger partial charge is 0.387 e. The Morgan fingerprint density at radius 3 is 2.32 bits per heavy atom. The summed E-state index contributed by atoms with van der Waals surface area (Å²) in [5.41, 5.74) is 1.13. The number of amides is 1. The van der Waals surface area contributed by atoms with Gasteiger partial charge >= 0.3 is 6.61 Å². The average molecular weight is 467 g/mol. The van der Waals surface area contributed by atoms with Crippen LogP contribution in [0, 0.1) is 0 Å².